The van der Waals surface area contributed by atoms with Gasteiger partial charge in [-0.05, 0) is 30.5 Å². The van der Waals surface area contributed by atoms with Gasteiger partial charge in [0.1, 0.15) is 0 Å². The summed E-state index contributed by atoms with van der Waals surface area (Å²) in [5.74, 6) is 0.0588. The molecule has 0 atom stereocenters. The molecule has 0 saturated heterocycles. The van der Waals surface area contributed by atoms with Gasteiger partial charge < -0.3 is 11.1 Å². The van der Waals surface area contributed by atoms with Gasteiger partial charge in [-0.3, -0.25) is 9.78 Å². The summed E-state index contributed by atoms with van der Waals surface area (Å²) in [6.45, 7) is 0.537. The molecular weight excluding hydrogens is 214 g/mol. The number of rotatable bonds is 4. The van der Waals surface area contributed by atoms with Crippen molar-refractivity contribution in [2.45, 2.75) is 37.6 Å². The van der Waals surface area contributed by atoms with Gasteiger partial charge in [-0.15, -0.1) is 0 Å². The molecular formula is C13H19N3O. The average Bonchev–Trinajstić information content (AvgIpc) is 2.79. The van der Waals surface area contributed by atoms with E-state index in [-0.39, 0.29) is 11.4 Å². The number of nitrogens with two attached hydrogens (primary N) is 1. The summed E-state index contributed by atoms with van der Waals surface area (Å²) < 4.78 is 0. The lowest BCUT2D eigenvalue weighted by atomic mass is 9.97. The van der Waals surface area contributed by atoms with Gasteiger partial charge in [0.15, 0.2) is 0 Å². The Kier molecular flexibility index (Phi) is 3.74. The molecule has 0 unspecified atom stereocenters. The number of hydrogen-bond donors (Lipinski definition) is 2. The second-order valence-corrected chi connectivity index (χ2v) is 4.77. The summed E-state index contributed by atoms with van der Waals surface area (Å²) in [7, 11) is 0. The molecule has 0 aliphatic heterocycles. The van der Waals surface area contributed by atoms with E-state index >= 15 is 0 Å². The number of carbonyl (C=O) groups is 1. The standard InChI is InChI=1S/C13H19N3O/c14-10-13(5-1-2-6-13)16-12(17)9-11-3-7-15-8-4-11/h3-4,7-8H,1-2,5-6,9-10,14H2,(H,16,17). The molecule has 0 aromatic carbocycles. The topological polar surface area (TPSA) is 68.0 Å². The molecule has 1 aliphatic carbocycles. The Labute approximate surface area is 102 Å². The predicted octanol–water partition coefficient (Wildman–Crippen LogP) is 1.01. The fraction of sp³-hybridized carbons (Fsp3) is 0.538. The summed E-state index contributed by atoms with van der Waals surface area (Å²) in [6, 6.07) is 3.73. The summed E-state index contributed by atoms with van der Waals surface area (Å²) in [5.41, 5.74) is 6.63. The third kappa shape index (κ3) is 3.03. The number of hydrogen-bond acceptors (Lipinski definition) is 3. The second kappa shape index (κ2) is 5.27. The zero-order valence-electron chi connectivity index (χ0n) is 9.98. The van der Waals surface area contributed by atoms with Crippen molar-refractivity contribution < 1.29 is 4.79 Å². The molecule has 17 heavy (non-hydrogen) atoms. The largest absolute Gasteiger partial charge is 0.349 e. The fourth-order valence-electron chi connectivity index (χ4n) is 2.46. The van der Waals surface area contributed by atoms with E-state index in [0.29, 0.717) is 13.0 Å². The minimum Gasteiger partial charge on any atom is -0.349 e. The molecule has 1 aromatic heterocycles. The zero-order valence-corrected chi connectivity index (χ0v) is 9.98. The molecule has 2 rings (SSSR count). The number of nitrogens with one attached hydrogen (secondary N) is 1. The molecule has 1 amide bonds. The van der Waals surface area contributed by atoms with E-state index < -0.39 is 0 Å². The SMILES string of the molecule is NCC1(NC(=O)Cc2ccncc2)CCCC1. The van der Waals surface area contributed by atoms with E-state index in [9.17, 15) is 4.79 Å². The van der Waals surface area contributed by atoms with Crippen molar-refractivity contribution in [2.24, 2.45) is 5.73 Å². The Morgan fingerprint density at radius 3 is 2.59 bits per heavy atom. The van der Waals surface area contributed by atoms with E-state index in [0.717, 1.165) is 31.2 Å². The molecule has 1 aromatic rings. The van der Waals surface area contributed by atoms with Gasteiger partial charge in [-0.2, -0.15) is 0 Å². The maximum atomic E-state index is 11.9. The lowest BCUT2D eigenvalue weighted by Crippen LogP contribution is -2.52. The normalized spacial score (nSPS) is 17.9. The maximum absolute atomic E-state index is 11.9. The van der Waals surface area contributed by atoms with Gasteiger partial charge >= 0.3 is 0 Å². The number of nitrogens with zero attached hydrogens (tertiary/aromatic N) is 1. The van der Waals surface area contributed by atoms with Gasteiger partial charge in [-0.1, -0.05) is 12.8 Å². The molecule has 1 aliphatic rings. The first kappa shape index (κ1) is 12.0. The fourth-order valence-corrected chi connectivity index (χ4v) is 2.46. The lowest BCUT2D eigenvalue weighted by Gasteiger charge is -2.28. The molecule has 3 N–H and O–H groups in total. The Morgan fingerprint density at radius 1 is 1.35 bits per heavy atom. The Morgan fingerprint density at radius 2 is 2.00 bits per heavy atom. The molecule has 1 fully saturated rings. The summed E-state index contributed by atoms with van der Waals surface area (Å²) in [4.78, 5) is 15.9. The van der Waals surface area contributed by atoms with Crippen LogP contribution in [0.15, 0.2) is 24.5 Å². The van der Waals surface area contributed by atoms with Crippen molar-refractivity contribution in [1.82, 2.24) is 10.3 Å². The van der Waals surface area contributed by atoms with Crippen molar-refractivity contribution in [3.63, 3.8) is 0 Å². The molecule has 0 bridgehead atoms. The van der Waals surface area contributed by atoms with Crippen LogP contribution in [0.3, 0.4) is 0 Å². The smallest absolute Gasteiger partial charge is 0.224 e. The molecule has 4 heteroatoms. The molecule has 0 radical (unpaired) electrons. The van der Waals surface area contributed by atoms with Crippen LogP contribution in [-0.2, 0) is 11.2 Å². The van der Waals surface area contributed by atoms with Crippen molar-refractivity contribution in [2.75, 3.05) is 6.54 Å². The Balaban J connectivity index is 1.93. The molecule has 4 nitrogen and oxygen atoms in total. The van der Waals surface area contributed by atoms with Gasteiger partial charge in [0, 0.05) is 18.9 Å². The molecule has 0 spiro atoms. The van der Waals surface area contributed by atoms with E-state index in [1.807, 2.05) is 12.1 Å². The highest BCUT2D eigenvalue weighted by Crippen LogP contribution is 2.28. The first-order valence-corrected chi connectivity index (χ1v) is 6.14. The van der Waals surface area contributed by atoms with Crippen LogP contribution in [0.5, 0.6) is 0 Å². The van der Waals surface area contributed by atoms with Crippen LogP contribution in [0.25, 0.3) is 0 Å². The Bertz CT molecular complexity index is 372. The van der Waals surface area contributed by atoms with E-state index in [4.69, 9.17) is 5.73 Å². The minimum absolute atomic E-state index is 0.0588. The Hall–Kier alpha value is -1.42. The zero-order chi connectivity index (χ0) is 12.1. The third-order valence-corrected chi connectivity index (χ3v) is 3.47. The molecule has 1 heterocycles. The third-order valence-electron chi connectivity index (χ3n) is 3.47. The number of amides is 1. The van der Waals surface area contributed by atoms with E-state index in [2.05, 4.69) is 10.3 Å². The highest BCUT2D eigenvalue weighted by Gasteiger charge is 2.33. The molecule has 1 saturated carbocycles. The van der Waals surface area contributed by atoms with Crippen molar-refractivity contribution in [3.8, 4) is 0 Å². The molecule has 92 valence electrons. The number of pyridine rings is 1. The predicted molar refractivity (Wildman–Crippen MR) is 66.3 cm³/mol. The van der Waals surface area contributed by atoms with Crippen LogP contribution in [0.2, 0.25) is 0 Å². The van der Waals surface area contributed by atoms with Crippen LogP contribution in [0.4, 0.5) is 0 Å². The van der Waals surface area contributed by atoms with Crippen LogP contribution in [0.1, 0.15) is 31.2 Å². The van der Waals surface area contributed by atoms with E-state index in [1.54, 1.807) is 12.4 Å². The highest BCUT2D eigenvalue weighted by molar-refractivity contribution is 5.79. The van der Waals surface area contributed by atoms with Crippen LogP contribution in [0, 0.1) is 0 Å². The monoisotopic (exact) mass is 233 g/mol. The summed E-state index contributed by atoms with van der Waals surface area (Å²) >= 11 is 0. The first-order valence-electron chi connectivity index (χ1n) is 6.14. The van der Waals surface area contributed by atoms with Crippen molar-refractivity contribution >= 4 is 5.91 Å². The highest BCUT2D eigenvalue weighted by atomic mass is 16.1. The quantitative estimate of drug-likeness (QED) is 0.815. The average molecular weight is 233 g/mol. The van der Waals surface area contributed by atoms with Gasteiger partial charge in [-0.25, -0.2) is 0 Å². The second-order valence-electron chi connectivity index (χ2n) is 4.77. The van der Waals surface area contributed by atoms with Crippen LogP contribution in [-0.4, -0.2) is 23.0 Å². The first-order chi connectivity index (χ1) is 8.24. The van der Waals surface area contributed by atoms with Crippen LogP contribution >= 0.6 is 0 Å². The number of carbonyl (C=O) groups excluding carboxylic acids is 1. The van der Waals surface area contributed by atoms with Gasteiger partial charge in [0.05, 0.1) is 12.0 Å². The lowest BCUT2D eigenvalue weighted by molar-refractivity contribution is -0.122. The van der Waals surface area contributed by atoms with Gasteiger partial charge in [0.2, 0.25) is 5.91 Å². The van der Waals surface area contributed by atoms with E-state index in [1.165, 1.54) is 0 Å². The van der Waals surface area contributed by atoms with Crippen molar-refractivity contribution in [1.29, 1.82) is 0 Å². The van der Waals surface area contributed by atoms with Crippen LogP contribution < -0.4 is 11.1 Å². The number of aromatic nitrogens is 1. The summed E-state index contributed by atoms with van der Waals surface area (Å²) in [6.07, 6.45) is 8.15. The summed E-state index contributed by atoms with van der Waals surface area (Å²) in [5, 5.41) is 3.11. The maximum Gasteiger partial charge on any atom is 0.224 e. The van der Waals surface area contributed by atoms with Crippen molar-refractivity contribution in [3.05, 3.63) is 30.1 Å². The minimum atomic E-state index is -0.149. The van der Waals surface area contributed by atoms with Gasteiger partial charge in [0.25, 0.3) is 0 Å².